The lowest BCUT2D eigenvalue weighted by atomic mass is 10.1. The molecule has 0 aliphatic heterocycles. The first kappa shape index (κ1) is 14.1. The van der Waals surface area contributed by atoms with Crippen molar-refractivity contribution < 1.29 is 0 Å². The van der Waals surface area contributed by atoms with Crippen LogP contribution < -0.4 is 5.32 Å². The van der Waals surface area contributed by atoms with Crippen molar-refractivity contribution >= 4 is 0 Å². The Morgan fingerprint density at radius 1 is 1.29 bits per heavy atom. The van der Waals surface area contributed by atoms with E-state index in [1.54, 1.807) is 0 Å². The molecular formula is C14H25N3. The molecule has 0 spiro atoms. The third-order valence-corrected chi connectivity index (χ3v) is 3.12. The van der Waals surface area contributed by atoms with Crippen LogP contribution in [0.2, 0.25) is 0 Å². The number of likely N-dealkylation sites (N-methyl/N-ethyl adjacent to an activating group) is 2. The van der Waals surface area contributed by atoms with Gasteiger partial charge < -0.3 is 5.32 Å². The largest absolute Gasteiger partial charge is 0.318 e. The number of rotatable bonds is 8. The average molecular weight is 235 g/mol. The van der Waals surface area contributed by atoms with Gasteiger partial charge in [-0.25, -0.2) is 0 Å². The summed E-state index contributed by atoms with van der Waals surface area (Å²) in [6, 6.07) is 4.83. The maximum absolute atomic E-state index is 4.07. The molecule has 1 aromatic heterocycles. The predicted octanol–water partition coefficient (Wildman–Crippen LogP) is 2.29. The summed E-state index contributed by atoms with van der Waals surface area (Å²) in [5.74, 6) is 0. The van der Waals surface area contributed by atoms with Gasteiger partial charge in [-0.3, -0.25) is 9.88 Å². The van der Waals surface area contributed by atoms with Crippen LogP contribution in [-0.4, -0.2) is 36.1 Å². The van der Waals surface area contributed by atoms with Crippen LogP contribution in [-0.2, 0) is 6.54 Å². The Labute approximate surface area is 105 Å². The number of nitrogens with zero attached hydrogens (tertiary/aromatic N) is 2. The van der Waals surface area contributed by atoms with Crippen LogP contribution in [0.15, 0.2) is 24.5 Å². The summed E-state index contributed by atoms with van der Waals surface area (Å²) < 4.78 is 0. The number of nitrogens with one attached hydrogen (secondary N) is 1. The SMILES string of the molecule is CCCC(CNC)N(CC)Cc1ccncc1. The highest BCUT2D eigenvalue weighted by atomic mass is 15.2. The zero-order chi connectivity index (χ0) is 12.5. The Balaban J connectivity index is 2.61. The molecule has 96 valence electrons. The molecule has 1 unspecified atom stereocenters. The summed E-state index contributed by atoms with van der Waals surface area (Å²) in [4.78, 5) is 6.60. The fourth-order valence-corrected chi connectivity index (χ4v) is 2.20. The van der Waals surface area contributed by atoms with E-state index in [-0.39, 0.29) is 0 Å². The smallest absolute Gasteiger partial charge is 0.0271 e. The Kier molecular flexibility index (Phi) is 6.82. The summed E-state index contributed by atoms with van der Waals surface area (Å²) >= 11 is 0. The van der Waals surface area contributed by atoms with Crippen LogP contribution in [0, 0.1) is 0 Å². The monoisotopic (exact) mass is 235 g/mol. The molecule has 0 aromatic carbocycles. The summed E-state index contributed by atoms with van der Waals surface area (Å²) in [6.07, 6.45) is 6.23. The molecule has 0 bridgehead atoms. The highest BCUT2D eigenvalue weighted by molar-refractivity contribution is 5.09. The second kappa shape index (κ2) is 8.20. The molecule has 1 aromatic rings. The quantitative estimate of drug-likeness (QED) is 0.749. The second-order valence-electron chi connectivity index (χ2n) is 4.42. The van der Waals surface area contributed by atoms with Crippen molar-refractivity contribution in [3.8, 4) is 0 Å². The van der Waals surface area contributed by atoms with Crippen LogP contribution in [0.1, 0.15) is 32.3 Å². The molecular weight excluding hydrogens is 210 g/mol. The highest BCUT2D eigenvalue weighted by Crippen LogP contribution is 2.11. The van der Waals surface area contributed by atoms with Gasteiger partial charge in [0.2, 0.25) is 0 Å². The lowest BCUT2D eigenvalue weighted by molar-refractivity contribution is 0.184. The molecule has 0 amide bonds. The maximum Gasteiger partial charge on any atom is 0.0271 e. The van der Waals surface area contributed by atoms with Crippen molar-refractivity contribution in [2.45, 2.75) is 39.3 Å². The summed E-state index contributed by atoms with van der Waals surface area (Å²) in [5.41, 5.74) is 1.35. The molecule has 3 heteroatoms. The predicted molar refractivity (Wildman–Crippen MR) is 72.9 cm³/mol. The minimum absolute atomic E-state index is 0.628. The van der Waals surface area contributed by atoms with E-state index in [4.69, 9.17) is 0 Å². The zero-order valence-electron chi connectivity index (χ0n) is 11.3. The first-order chi connectivity index (χ1) is 8.31. The Hall–Kier alpha value is -0.930. The fraction of sp³-hybridized carbons (Fsp3) is 0.643. The number of aromatic nitrogens is 1. The van der Waals surface area contributed by atoms with Crippen molar-refractivity contribution in [2.75, 3.05) is 20.1 Å². The molecule has 0 saturated carbocycles. The molecule has 0 aliphatic rings. The van der Waals surface area contributed by atoms with Gasteiger partial charge in [-0.15, -0.1) is 0 Å². The van der Waals surface area contributed by atoms with E-state index in [1.807, 2.05) is 19.4 Å². The zero-order valence-corrected chi connectivity index (χ0v) is 11.3. The van der Waals surface area contributed by atoms with E-state index in [2.05, 4.69) is 41.2 Å². The third-order valence-electron chi connectivity index (χ3n) is 3.12. The van der Waals surface area contributed by atoms with Gasteiger partial charge in [-0.05, 0) is 37.7 Å². The molecule has 0 aliphatic carbocycles. The molecule has 17 heavy (non-hydrogen) atoms. The molecule has 0 radical (unpaired) electrons. The van der Waals surface area contributed by atoms with Crippen molar-refractivity contribution in [3.63, 3.8) is 0 Å². The fourth-order valence-electron chi connectivity index (χ4n) is 2.20. The third kappa shape index (κ3) is 4.84. The lowest BCUT2D eigenvalue weighted by Crippen LogP contribution is -2.41. The Morgan fingerprint density at radius 3 is 2.53 bits per heavy atom. The summed E-state index contributed by atoms with van der Waals surface area (Å²) in [7, 11) is 2.03. The minimum Gasteiger partial charge on any atom is -0.318 e. The minimum atomic E-state index is 0.628. The van der Waals surface area contributed by atoms with E-state index in [1.165, 1.54) is 18.4 Å². The molecule has 1 rings (SSSR count). The Bertz CT molecular complexity index is 281. The summed E-state index contributed by atoms with van der Waals surface area (Å²) in [5, 5.41) is 3.30. The van der Waals surface area contributed by atoms with E-state index in [9.17, 15) is 0 Å². The van der Waals surface area contributed by atoms with Crippen molar-refractivity contribution in [3.05, 3.63) is 30.1 Å². The molecule has 0 fully saturated rings. The van der Waals surface area contributed by atoms with Gasteiger partial charge in [0.15, 0.2) is 0 Å². The van der Waals surface area contributed by atoms with Gasteiger partial charge in [0.1, 0.15) is 0 Å². The van der Waals surface area contributed by atoms with Gasteiger partial charge in [0.05, 0.1) is 0 Å². The lowest BCUT2D eigenvalue weighted by Gasteiger charge is -2.30. The van der Waals surface area contributed by atoms with E-state index >= 15 is 0 Å². The van der Waals surface area contributed by atoms with Crippen molar-refractivity contribution in [1.29, 1.82) is 0 Å². The van der Waals surface area contributed by atoms with E-state index in [0.29, 0.717) is 6.04 Å². The summed E-state index contributed by atoms with van der Waals surface area (Å²) in [6.45, 7) is 7.66. The average Bonchev–Trinajstić information content (AvgIpc) is 2.37. The van der Waals surface area contributed by atoms with Crippen molar-refractivity contribution in [1.82, 2.24) is 15.2 Å². The van der Waals surface area contributed by atoms with Gasteiger partial charge in [-0.1, -0.05) is 20.3 Å². The molecule has 0 saturated heterocycles. The van der Waals surface area contributed by atoms with E-state index in [0.717, 1.165) is 19.6 Å². The molecule has 1 heterocycles. The van der Waals surface area contributed by atoms with Crippen LogP contribution >= 0.6 is 0 Å². The number of hydrogen-bond donors (Lipinski definition) is 1. The van der Waals surface area contributed by atoms with Crippen molar-refractivity contribution in [2.24, 2.45) is 0 Å². The number of hydrogen-bond acceptors (Lipinski definition) is 3. The Morgan fingerprint density at radius 2 is 2.00 bits per heavy atom. The second-order valence-corrected chi connectivity index (χ2v) is 4.42. The van der Waals surface area contributed by atoms with Gasteiger partial charge >= 0.3 is 0 Å². The number of pyridine rings is 1. The topological polar surface area (TPSA) is 28.2 Å². The van der Waals surface area contributed by atoms with Crippen LogP contribution in [0.4, 0.5) is 0 Å². The highest BCUT2D eigenvalue weighted by Gasteiger charge is 2.15. The van der Waals surface area contributed by atoms with Gasteiger partial charge in [0, 0.05) is 31.5 Å². The van der Waals surface area contributed by atoms with E-state index < -0.39 is 0 Å². The molecule has 3 nitrogen and oxygen atoms in total. The van der Waals surface area contributed by atoms with Crippen LogP contribution in [0.5, 0.6) is 0 Å². The maximum atomic E-state index is 4.07. The molecule has 1 atom stereocenters. The van der Waals surface area contributed by atoms with Crippen LogP contribution in [0.3, 0.4) is 0 Å². The first-order valence-electron chi connectivity index (χ1n) is 6.59. The van der Waals surface area contributed by atoms with Gasteiger partial charge in [0.25, 0.3) is 0 Å². The van der Waals surface area contributed by atoms with Gasteiger partial charge in [-0.2, -0.15) is 0 Å². The standard InChI is InChI=1S/C14H25N3/c1-4-6-14(11-15-3)17(5-2)12-13-7-9-16-10-8-13/h7-10,14-15H,4-6,11-12H2,1-3H3. The first-order valence-corrected chi connectivity index (χ1v) is 6.59. The normalized spacial score (nSPS) is 12.9. The van der Waals surface area contributed by atoms with Crippen LogP contribution in [0.25, 0.3) is 0 Å². The molecule has 1 N–H and O–H groups in total.